The number of rotatable bonds is 7. The largest absolute Gasteiger partial charge is 0.351 e. The van der Waals surface area contributed by atoms with Crippen LogP contribution in [0.1, 0.15) is 58.9 Å². The molecule has 1 atom stereocenters. The van der Waals surface area contributed by atoms with E-state index in [1.807, 2.05) is 41.8 Å². The molecule has 1 fully saturated rings. The van der Waals surface area contributed by atoms with Gasteiger partial charge in [-0.3, -0.25) is 9.59 Å². The van der Waals surface area contributed by atoms with Crippen LogP contribution in [-0.4, -0.2) is 22.8 Å². The molecule has 1 unspecified atom stereocenters. The summed E-state index contributed by atoms with van der Waals surface area (Å²) in [6.07, 6.45) is 5.33. The van der Waals surface area contributed by atoms with Crippen molar-refractivity contribution in [2.75, 3.05) is 0 Å². The second-order valence-corrected chi connectivity index (χ2v) is 9.14. The van der Waals surface area contributed by atoms with Crippen LogP contribution in [0.2, 0.25) is 0 Å². The molecule has 3 aromatic rings. The van der Waals surface area contributed by atoms with E-state index in [1.54, 1.807) is 23.1 Å². The molecule has 2 amide bonds. The highest BCUT2D eigenvalue weighted by atomic mass is 32.1. The van der Waals surface area contributed by atoms with Gasteiger partial charge in [-0.25, -0.2) is 4.39 Å². The maximum Gasteiger partial charge on any atom is 0.265 e. The van der Waals surface area contributed by atoms with E-state index in [1.165, 1.54) is 29.9 Å². The van der Waals surface area contributed by atoms with E-state index in [0.29, 0.717) is 4.88 Å². The van der Waals surface area contributed by atoms with Crippen molar-refractivity contribution < 1.29 is 14.0 Å². The van der Waals surface area contributed by atoms with Crippen LogP contribution in [0.15, 0.2) is 72.1 Å². The Morgan fingerprint density at radius 1 is 0.969 bits per heavy atom. The van der Waals surface area contributed by atoms with E-state index in [-0.39, 0.29) is 30.2 Å². The Bertz CT molecular complexity index is 1020. The van der Waals surface area contributed by atoms with Crippen molar-refractivity contribution in [2.45, 2.75) is 50.7 Å². The smallest absolute Gasteiger partial charge is 0.265 e. The first-order chi connectivity index (χ1) is 15.6. The number of hydrogen-bond donors (Lipinski definition) is 1. The Hall–Kier alpha value is -2.99. The monoisotopic (exact) mass is 450 g/mol. The molecule has 4 rings (SSSR count). The first-order valence-electron chi connectivity index (χ1n) is 11.1. The molecule has 6 heteroatoms. The third-order valence-corrected chi connectivity index (χ3v) is 6.74. The Morgan fingerprint density at radius 3 is 2.34 bits per heavy atom. The van der Waals surface area contributed by atoms with Gasteiger partial charge in [0.1, 0.15) is 11.9 Å². The minimum Gasteiger partial charge on any atom is -0.351 e. The molecule has 1 saturated carbocycles. The van der Waals surface area contributed by atoms with Gasteiger partial charge in [0.25, 0.3) is 5.91 Å². The van der Waals surface area contributed by atoms with Crippen molar-refractivity contribution in [3.8, 4) is 0 Å². The number of carbonyl (C=O) groups is 2. The van der Waals surface area contributed by atoms with Crippen LogP contribution in [-0.2, 0) is 11.3 Å². The number of amides is 2. The van der Waals surface area contributed by atoms with Gasteiger partial charge in [-0.1, -0.05) is 67.8 Å². The maximum atomic E-state index is 13.6. The molecule has 0 spiro atoms. The van der Waals surface area contributed by atoms with Crippen LogP contribution in [0.5, 0.6) is 0 Å². The molecule has 166 valence electrons. The Labute approximate surface area is 192 Å². The van der Waals surface area contributed by atoms with Gasteiger partial charge in [0.05, 0.1) is 4.88 Å². The molecule has 4 nitrogen and oxygen atoms in total. The van der Waals surface area contributed by atoms with Crippen LogP contribution in [0, 0.1) is 5.82 Å². The minimum absolute atomic E-state index is 0.131. The standard InChI is InChI=1S/C26H27FN2O2S/c27-21-15-13-19(14-16-21)18-29(26(31)23-12-7-17-32-23)24(20-8-3-1-4-9-20)25(30)28-22-10-5-2-6-11-22/h1,3-4,7-9,12-17,22,24H,2,5-6,10-11,18H2,(H,28,30). The quantitative estimate of drug-likeness (QED) is 0.500. The molecule has 1 heterocycles. The van der Waals surface area contributed by atoms with Gasteiger partial charge in [-0.15, -0.1) is 11.3 Å². The molecule has 1 aromatic heterocycles. The first kappa shape index (κ1) is 22.2. The highest BCUT2D eigenvalue weighted by Crippen LogP contribution is 2.28. The minimum atomic E-state index is -0.780. The zero-order valence-electron chi connectivity index (χ0n) is 17.9. The molecule has 1 aliphatic carbocycles. The number of halogens is 1. The molecular formula is C26H27FN2O2S. The summed E-state index contributed by atoms with van der Waals surface area (Å²) in [6, 6.07) is 18.4. The fourth-order valence-electron chi connectivity index (χ4n) is 4.24. The number of benzene rings is 2. The zero-order valence-corrected chi connectivity index (χ0v) is 18.7. The molecular weight excluding hydrogens is 423 g/mol. The predicted octanol–water partition coefficient (Wildman–Crippen LogP) is 5.72. The van der Waals surface area contributed by atoms with Gasteiger partial charge in [-0.2, -0.15) is 0 Å². The molecule has 1 aliphatic rings. The molecule has 0 radical (unpaired) electrons. The lowest BCUT2D eigenvalue weighted by Crippen LogP contribution is -2.46. The summed E-state index contributed by atoms with van der Waals surface area (Å²) in [4.78, 5) is 29.4. The van der Waals surface area contributed by atoms with E-state index < -0.39 is 6.04 Å². The van der Waals surface area contributed by atoms with Crippen LogP contribution >= 0.6 is 11.3 Å². The summed E-state index contributed by atoms with van der Waals surface area (Å²) >= 11 is 1.35. The first-order valence-corrected chi connectivity index (χ1v) is 11.9. The van der Waals surface area contributed by atoms with E-state index in [0.717, 1.165) is 36.8 Å². The number of carbonyl (C=O) groups excluding carboxylic acids is 2. The Balaban J connectivity index is 1.70. The van der Waals surface area contributed by atoms with Crippen LogP contribution in [0.4, 0.5) is 4.39 Å². The van der Waals surface area contributed by atoms with E-state index in [2.05, 4.69) is 5.32 Å². The van der Waals surface area contributed by atoms with Crippen LogP contribution in [0.25, 0.3) is 0 Å². The van der Waals surface area contributed by atoms with Gasteiger partial charge >= 0.3 is 0 Å². The lowest BCUT2D eigenvalue weighted by molar-refractivity contribution is -0.127. The SMILES string of the molecule is O=C(NC1CCCCC1)C(c1ccccc1)N(Cc1ccc(F)cc1)C(=O)c1cccs1. The van der Waals surface area contributed by atoms with E-state index in [4.69, 9.17) is 0 Å². The fraction of sp³-hybridized carbons (Fsp3) is 0.308. The molecule has 0 bridgehead atoms. The summed E-state index contributed by atoms with van der Waals surface area (Å²) < 4.78 is 13.5. The molecule has 1 N–H and O–H groups in total. The normalized spacial score (nSPS) is 15.2. The highest BCUT2D eigenvalue weighted by Gasteiger charge is 2.33. The average Bonchev–Trinajstić information content (AvgIpc) is 3.36. The van der Waals surface area contributed by atoms with Crippen LogP contribution < -0.4 is 5.32 Å². The van der Waals surface area contributed by atoms with Crippen molar-refractivity contribution in [3.05, 3.63) is 93.9 Å². The van der Waals surface area contributed by atoms with Gasteiger partial charge < -0.3 is 10.2 Å². The maximum absolute atomic E-state index is 13.6. The molecule has 0 saturated heterocycles. The van der Waals surface area contributed by atoms with Crippen molar-refractivity contribution in [3.63, 3.8) is 0 Å². The predicted molar refractivity (Wildman–Crippen MR) is 125 cm³/mol. The number of nitrogens with zero attached hydrogens (tertiary/aromatic N) is 1. The Morgan fingerprint density at radius 2 is 1.69 bits per heavy atom. The van der Waals surface area contributed by atoms with Crippen molar-refractivity contribution in [2.24, 2.45) is 0 Å². The van der Waals surface area contributed by atoms with Gasteiger partial charge in [0.15, 0.2) is 0 Å². The fourth-order valence-corrected chi connectivity index (χ4v) is 4.92. The van der Waals surface area contributed by atoms with Crippen molar-refractivity contribution in [1.82, 2.24) is 10.2 Å². The highest BCUT2D eigenvalue weighted by molar-refractivity contribution is 7.12. The third-order valence-electron chi connectivity index (χ3n) is 5.89. The summed E-state index contributed by atoms with van der Waals surface area (Å²) in [5.41, 5.74) is 1.52. The number of thiophene rings is 1. The van der Waals surface area contributed by atoms with E-state index >= 15 is 0 Å². The van der Waals surface area contributed by atoms with Gasteiger partial charge in [0, 0.05) is 12.6 Å². The summed E-state index contributed by atoms with van der Waals surface area (Å²) in [5.74, 6) is -0.716. The lowest BCUT2D eigenvalue weighted by Gasteiger charge is -2.33. The van der Waals surface area contributed by atoms with Crippen molar-refractivity contribution >= 4 is 23.2 Å². The molecule has 0 aliphatic heterocycles. The topological polar surface area (TPSA) is 49.4 Å². The number of hydrogen-bond acceptors (Lipinski definition) is 3. The van der Waals surface area contributed by atoms with Crippen LogP contribution in [0.3, 0.4) is 0 Å². The second kappa shape index (κ2) is 10.6. The molecule has 2 aromatic carbocycles. The Kier molecular flexibility index (Phi) is 7.32. The summed E-state index contributed by atoms with van der Waals surface area (Å²) in [6.45, 7) is 0.203. The van der Waals surface area contributed by atoms with Crippen molar-refractivity contribution in [1.29, 1.82) is 0 Å². The van der Waals surface area contributed by atoms with Gasteiger partial charge in [-0.05, 0) is 47.5 Å². The lowest BCUT2D eigenvalue weighted by atomic mass is 9.94. The third kappa shape index (κ3) is 5.43. The summed E-state index contributed by atoms with van der Waals surface area (Å²) in [5, 5.41) is 5.05. The average molecular weight is 451 g/mol. The zero-order chi connectivity index (χ0) is 22.3. The number of nitrogens with one attached hydrogen (secondary N) is 1. The van der Waals surface area contributed by atoms with Gasteiger partial charge in [0.2, 0.25) is 5.91 Å². The molecule has 32 heavy (non-hydrogen) atoms. The second-order valence-electron chi connectivity index (χ2n) is 8.19. The van der Waals surface area contributed by atoms with E-state index in [9.17, 15) is 14.0 Å². The summed E-state index contributed by atoms with van der Waals surface area (Å²) in [7, 11) is 0.